The van der Waals surface area contributed by atoms with Crippen molar-refractivity contribution in [2.24, 2.45) is 5.73 Å². The summed E-state index contributed by atoms with van der Waals surface area (Å²) >= 11 is 0. The van der Waals surface area contributed by atoms with E-state index in [0.717, 1.165) is 45.5 Å². The van der Waals surface area contributed by atoms with E-state index in [1.165, 1.54) is 0 Å². The lowest BCUT2D eigenvalue weighted by molar-refractivity contribution is 0.0178. The molecule has 0 aromatic heterocycles. The molecular formula is C10H21NO2. The smallest absolute Gasteiger partial charge is 0.0647 e. The minimum absolute atomic E-state index is 0.119. The summed E-state index contributed by atoms with van der Waals surface area (Å²) in [6.45, 7) is 5.30. The van der Waals surface area contributed by atoms with E-state index < -0.39 is 0 Å². The molecule has 1 fully saturated rings. The van der Waals surface area contributed by atoms with Gasteiger partial charge in [-0.05, 0) is 25.7 Å². The number of rotatable bonds is 5. The van der Waals surface area contributed by atoms with E-state index in [0.29, 0.717) is 6.61 Å². The van der Waals surface area contributed by atoms with Crippen molar-refractivity contribution < 1.29 is 9.47 Å². The average Bonchev–Trinajstić information content (AvgIpc) is 2.14. The molecular weight excluding hydrogens is 166 g/mol. The van der Waals surface area contributed by atoms with Crippen molar-refractivity contribution in [1.29, 1.82) is 0 Å². The number of hydrogen-bond donors (Lipinski definition) is 1. The summed E-state index contributed by atoms with van der Waals surface area (Å²) in [6.07, 6.45) is 4.16. The second-order valence-electron chi connectivity index (χ2n) is 3.88. The quantitative estimate of drug-likeness (QED) is 0.660. The monoisotopic (exact) mass is 187 g/mol. The minimum Gasteiger partial charge on any atom is -0.381 e. The Morgan fingerprint density at radius 3 is 2.92 bits per heavy atom. The third-order valence-electron chi connectivity index (χ3n) is 2.45. The van der Waals surface area contributed by atoms with Gasteiger partial charge in [-0.25, -0.2) is 0 Å². The van der Waals surface area contributed by atoms with Crippen molar-refractivity contribution in [2.45, 2.75) is 38.1 Å². The highest BCUT2D eigenvalue weighted by Gasteiger charge is 2.27. The molecule has 1 aliphatic rings. The Kier molecular flexibility index (Phi) is 4.70. The third-order valence-corrected chi connectivity index (χ3v) is 2.45. The fourth-order valence-corrected chi connectivity index (χ4v) is 1.59. The van der Waals surface area contributed by atoms with Crippen molar-refractivity contribution in [3.8, 4) is 0 Å². The average molecular weight is 187 g/mol. The normalized spacial score (nSPS) is 29.1. The van der Waals surface area contributed by atoms with E-state index in [1.54, 1.807) is 0 Å². The Morgan fingerprint density at radius 2 is 2.31 bits per heavy atom. The largest absolute Gasteiger partial charge is 0.381 e. The summed E-state index contributed by atoms with van der Waals surface area (Å²) in [6, 6.07) is 0. The Labute approximate surface area is 80.6 Å². The standard InChI is InChI=1S/C10H21NO2/c1-2-6-12-8-5-10(11)4-3-7-13-9-10/h2-9,11H2,1H3. The summed E-state index contributed by atoms with van der Waals surface area (Å²) in [4.78, 5) is 0. The number of hydrogen-bond acceptors (Lipinski definition) is 3. The van der Waals surface area contributed by atoms with Gasteiger partial charge in [0.25, 0.3) is 0 Å². The summed E-state index contributed by atoms with van der Waals surface area (Å²) < 4.78 is 10.8. The van der Waals surface area contributed by atoms with Gasteiger partial charge in [-0.3, -0.25) is 0 Å². The molecule has 0 radical (unpaired) electrons. The molecule has 1 rings (SSSR count). The van der Waals surface area contributed by atoms with Gasteiger partial charge in [0.2, 0.25) is 0 Å². The molecule has 1 saturated heterocycles. The van der Waals surface area contributed by atoms with E-state index in [4.69, 9.17) is 15.2 Å². The first-order valence-corrected chi connectivity index (χ1v) is 5.21. The second-order valence-corrected chi connectivity index (χ2v) is 3.88. The van der Waals surface area contributed by atoms with Crippen LogP contribution in [-0.4, -0.2) is 32.0 Å². The van der Waals surface area contributed by atoms with Crippen LogP contribution in [0.3, 0.4) is 0 Å². The summed E-state index contributed by atoms with van der Waals surface area (Å²) in [5, 5.41) is 0. The van der Waals surface area contributed by atoms with E-state index in [2.05, 4.69) is 6.92 Å². The molecule has 3 nitrogen and oxygen atoms in total. The topological polar surface area (TPSA) is 44.5 Å². The molecule has 78 valence electrons. The van der Waals surface area contributed by atoms with Gasteiger partial charge in [0, 0.05) is 25.4 Å². The molecule has 1 aliphatic heterocycles. The van der Waals surface area contributed by atoms with Crippen molar-refractivity contribution in [1.82, 2.24) is 0 Å². The lowest BCUT2D eigenvalue weighted by atomic mass is 9.90. The SMILES string of the molecule is CCCOCCC1(N)CCCOC1. The van der Waals surface area contributed by atoms with Crippen LogP contribution in [-0.2, 0) is 9.47 Å². The number of nitrogens with two attached hydrogens (primary N) is 1. The van der Waals surface area contributed by atoms with E-state index >= 15 is 0 Å². The molecule has 1 unspecified atom stereocenters. The molecule has 0 spiro atoms. The predicted octanol–water partition coefficient (Wildman–Crippen LogP) is 1.31. The van der Waals surface area contributed by atoms with Crippen molar-refractivity contribution in [3.63, 3.8) is 0 Å². The Bertz CT molecular complexity index is 133. The zero-order valence-electron chi connectivity index (χ0n) is 8.55. The molecule has 2 N–H and O–H groups in total. The van der Waals surface area contributed by atoms with Crippen LogP contribution in [0.2, 0.25) is 0 Å². The van der Waals surface area contributed by atoms with Gasteiger partial charge in [0.05, 0.1) is 6.61 Å². The van der Waals surface area contributed by atoms with E-state index in [9.17, 15) is 0 Å². The van der Waals surface area contributed by atoms with Crippen LogP contribution in [0.1, 0.15) is 32.6 Å². The third kappa shape index (κ3) is 4.07. The molecule has 1 heterocycles. The molecule has 13 heavy (non-hydrogen) atoms. The van der Waals surface area contributed by atoms with Crippen LogP contribution < -0.4 is 5.73 Å². The summed E-state index contributed by atoms with van der Waals surface area (Å²) in [7, 11) is 0. The van der Waals surface area contributed by atoms with Gasteiger partial charge >= 0.3 is 0 Å². The molecule has 0 aromatic carbocycles. The van der Waals surface area contributed by atoms with Crippen LogP contribution in [0.25, 0.3) is 0 Å². The molecule has 0 bridgehead atoms. The first-order chi connectivity index (χ1) is 6.27. The fourth-order valence-electron chi connectivity index (χ4n) is 1.59. The van der Waals surface area contributed by atoms with Crippen LogP contribution in [0, 0.1) is 0 Å². The lowest BCUT2D eigenvalue weighted by Gasteiger charge is -2.33. The molecule has 0 saturated carbocycles. The Morgan fingerprint density at radius 1 is 1.46 bits per heavy atom. The maximum atomic E-state index is 6.14. The number of ether oxygens (including phenoxy) is 2. The van der Waals surface area contributed by atoms with Gasteiger partial charge < -0.3 is 15.2 Å². The van der Waals surface area contributed by atoms with Crippen LogP contribution in [0.5, 0.6) is 0 Å². The van der Waals surface area contributed by atoms with Crippen molar-refractivity contribution in [2.75, 3.05) is 26.4 Å². The highest BCUT2D eigenvalue weighted by atomic mass is 16.5. The minimum atomic E-state index is -0.119. The van der Waals surface area contributed by atoms with Crippen LogP contribution >= 0.6 is 0 Å². The van der Waals surface area contributed by atoms with Crippen molar-refractivity contribution in [3.05, 3.63) is 0 Å². The van der Waals surface area contributed by atoms with Gasteiger partial charge in [-0.1, -0.05) is 6.92 Å². The molecule has 3 heteroatoms. The predicted molar refractivity (Wildman–Crippen MR) is 52.7 cm³/mol. The fraction of sp³-hybridized carbons (Fsp3) is 1.00. The van der Waals surface area contributed by atoms with Gasteiger partial charge in [-0.15, -0.1) is 0 Å². The first kappa shape index (κ1) is 11.0. The Balaban J connectivity index is 2.10. The van der Waals surface area contributed by atoms with Crippen molar-refractivity contribution >= 4 is 0 Å². The molecule has 0 aliphatic carbocycles. The van der Waals surface area contributed by atoms with Gasteiger partial charge in [0.15, 0.2) is 0 Å². The van der Waals surface area contributed by atoms with Gasteiger partial charge in [-0.2, -0.15) is 0 Å². The lowest BCUT2D eigenvalue weighted by Crippen LogP contribution is -2.48. The summed E-state index contributed by atoms with van der Waals surface area (Å²) in [5.74, 6) is 0. The van der Waals surface area contributed by atoms with Crippen LogP contribution in [0.4, 0.5) is 0 Å². The highest BCUT2D eigenvalue weighted by Crippen LogP contribution is 2.19. The molecule has 0 aromatic rings. The van der Waals surface area contributed by atoms with Crippen LogP contribution in [0.15, 0.2) is 0 Å². The molecule has 0 amide bonds. The second kappa shape index (κ2) is 5.58. The molecule has 1 atom stereocenters. The van der Waals surface area contributed by atoms with E-state index in [-0.39, 0.29) is 5.54 Å². The zero-order chi connectivity index (χ0) is 9.57. The first-order valence-electron chi connectivity index (χ1n) is 5.21. The Hall–Kier alpha value is -0.120. The van der Waals surface area contributed by atoms with E-state index in [1.807, 2.05) is 0 Å². The highest BCUT2D eigenvalue weighted by molar-refractivity contribution is 4.85. The summed E-state index contributed by atoms with van der Waals surface area (Å²) in [5.41, 5.74) is 6.02. The zero-order valence-corrected chi connectivity index (χ0v) is 8.55. The maximum absolute atomic E-state index is 6.14. The van der Waals surface area contributed by atoms with Gasteiger partial charge in [0.1, 0.15) is 0 Å². The maximum Gasteiger partial charge on any atom is 0.0647 e.